The molecule has 1 fully saturated rings. The summed E-state index contributed by atoms with van der Waals surface area (Å²) in [5.41, 5.74) is 0.738. The maximum atomic E-state index is 12.1. The summed E-state index contributed by atoms with van der Waals surface area (Å²) in [6, 6.07) is 7.91. The highest BCUT2D eigenvalue weighted by atomic mass is 79.9. The molecule has 98 valence electrons. The molecule has 2 rings (SSSR count). The molecule has 1 aliphatic rings. The van der Waals surface area contributed by atoms with Crippen molar-refractivity contribution in [3.05, 3.63) is 34.3 Å². The molecule has 1 aromatic carbocycles. The van der Waals surface area contributed by atoms with Crippen LogP contribution in [0, 0.1) is 5.92 Å². The zero-order valence-electron chi connectivity index (χ0n) is 10.8. The lowest BCUT2D eigenvalue weighted by Crippen LogP contribution is -2.34. The molecule has 0 aliphatic heterocycles. The summed E-state index contributed by atoms with van der Waals surface area (Å²) in [4.78, 5) is 12.1. The smallest absolute Gasteiger partial charge is 0.251 e. The third-order valence-corrected chi connectivity index (χ3v) is 4.17. The molecule has 0 bridgehead atoms. The number of benzene rings is 1. The Hall–Kier alpha value is -0.830. The van der Waals surface area contributed by atoms with Crippen LogP contribution in [-0.4, -0.2) is 11.9 Å². The number of carbonyl (C=O) groups excluding carboxylic acids is 1. The lowest BCUT2D eigenvalue weighted by molar-refractivity contribution is 0.0933. The fourth-order valence-electron chi connectivity index (χ4n) is 2.53. The number of halogens is 1. The van der Waals surface area contributed by atoms with Crippen molar-refractivity contribution in [2.24, 2.45) is 5.92 Å². The van der Waals surface area contributed by atoms with Crippen LogP contribution in [-0.2, 0) is 0 Å². The van der Waals surface area contributed by atoms with Gasteiger partial charge in [-0.15, -0.1) is 0 Å². The van der Waals surface area contributed by atoms with Crippen LogP contribution < -0.4 is 5.32 Å². The molecule has 2 nitrogen and oxygen atoms in total. The van der Waals surface area contributed by atoms with Crippen molar-refractivity contribution in [3.63, 3.8) is 0 Å². The summed E-state index contributed by atoms with van der Waals surface area (Å²) in [6.07, 6.45) is 5.97. The van der Waals surface area contributed by atoms with E-state index < -0.39 is 0 Å². The van der Waals surface area contributed by atoms with E-state index in [9.17, 15) is 4.79 Å². The van der Waals surface area contributed by atoms with E-state index in [1.54, 1.807) is 0 Å². The lowest BCUT2D eigenvalue weighted by Gasteiger charge is -2.16. The number of hydrogen-bond acceptors (Lipinski definition) is 1. The number of amides is 1. The molecular formula is C15H20BrNO. The summed E-state index contributed by atoms with van der Waals surface area (Å²) in [7, 11) is 0. The third kappa shape index (κ3) is 3.84. The molecule has 0 spiro atoms. The second-order valence-electron chi connectivity index (χ2n) is 5.29. The van der Waals surface area contributed by atoms with Gasteiger partial charge in [0.1, 0.15) is 0 Å². The second kappa shape index (κ2) is 6.37. The Morgan fingerprint density at radius 1 is 1.28 bits per heavy atom. The summed E-state index contributed by atoms with van der Waals surface area (Å²) < 4.78 is 0.949. The number of carbonyl (C=O) groups is 1. The quantitative estimate of drug-likeness (QED) is 0.817. The summed E-state index contributed by atoms with van der Waals surface area (Å²) in [5.74, 6) is 0.855. The molecule has 0 aromatic heterocycles. The van der Waals surface area contributed by atoms with Crippen LogP contribution >= 0.6 is 15.9 Å². The van der Waals surface area contributed by atoms with Gasteiger partial charge in [0.25, 0.3) is 5.91 Å². The van der Waals surface area contributed by atoms with Gasteiger partial charge in [-0.2, -0.15) is 0 Å². The normalized spacial score (nSPS) is 24.3. The van der Waals surface area contributed by atoms with Crippen LogP contribution in [0.2, 0.25) is 0 Å². The Morgan fingerprint density at radius 3 is 2.89 bits per heavy atom. The van der Waals surface area contributed by atoms with Crippen molar-refractivity contribution in [2.45, 2.75) is 45.1 Å². The van der Waals surface area contributed by atoms with Crippen LogP contribution in [0.15, 0.2) is 28.7 Å². The molecule has 1 N–H and O–H groups in total. The standard InChI is InChI=1S/C15H20BrNO/c1-11-4-2-7-14(9-8-11)17-15(18)12-5-3-6-13(16)10-12/h3,5-6,10-11,14H,2,4,7-9H2,1H3,(H,17,18). The molecule has 0 heterocycles. The minimum Gasteiger partial charge on any atom is -0.349 e. The van der Waals surface area contributed by atoms with E-state index >= 15 is 0 Å². The predicted molar refractivity (Wildman–Crippen MR) is 77.6 cm³/mol. The molecule has 1 saturated carbocycles. The average molecular weight is 310 g/mol. The summed E-state index contributed by atoms with van der Waals surface area (Å²) >= 11 is 3.40. The van der Waals surface area contributed by atoms with E-state index in [1.807, 2.05) is 24.3 Å². The highest BCUT2D eigenvalue weighted by Crippen LogP contribution is 2.23. The van der Waals surface area contributed by atoms with Crippen molar-refractivity contribution in [2.75, 3.05) is 0 Å². The Bertz CT molecular complexity index is 419. The van der Waals surface area contributed by atoms with Crippen molar-refractivity contribution in [1.29, 1.82) is 0 Å². The largest absolute Gasteiger partial charge is 0.349 e. The first-order chi connectivity index (χ1) is 8.65. The lowest BCUT2D eigenvalue weighted by atomic mass is 10.0. The number of hydrogen-bond donors (Lipinski definition) is 1. The van der Waals surface area contributed by atoms with Crippen molar-refractivity contribution < 1.29 is 4.79 Å². The van der Waals surface area contributed by atoms with Gasteiger partial charge in [-0.25, -0.2) is 0 Å². The Labute approximate surface area is 117 Å². The van der Waals surface area contributed by atoms with Crippen LogP contribution in [0.4, 0.5) is 0 Å². The number of nitrogens with one attached hydrogen (secondary N) is 1. The molecule has 0 radical (unpaired) electrons. The highest BCUT2D eigenvalue weighted by Gasteiger charge is 2.18. The predicted octanol–water partition coefficient (Wildman–Crippen LogP) is 4.15. The topological polar surface area (TPSA) is 29.1 Å². The van der Waals surface area contributed by atoms with E-state index in [0.717, 1.165) is 28.8 Å². The summed E-state index contributed by atoms with van der Waals surface area (Å²) in [6.45, 7) is 2.30. The summed E-state index contributed by atoms with van der Waals surface area (Å²) in [5, 5.41) is 3.16. The zero-order chi connectivity index (χ0) is 13.0. The fraction of sp³-hybridized carbons (Fsp3) is 0.533. The maximum absolute atomic E-state index is 12.1. The van der Waals surface area contributed by atoms with Gasteiger partial charge in [0, 0.05) is 16.1 Å². The van der Waals surface area contributed by atoms with Crippen LogP contribution in [0.1, 0.15) is 49.4 Å². The average Bonchev–Trinajstić information content (AvgIpc) is 2.54. The first kappa shape index (κ1) is 13.6. The van der Waals surface area contributed by atoms with Gasteiger partial charge in [0.15, 0.2) is 0 Å². The molecule has 1 aromatic rings. The first-order valence-corrected chi connectivity index (χ1v) is 7.51. The minimum atomic E-state index is 0.0517. The van der Waals surface area contributed by atoms with Crippen LogP contribution in [0.25, 0.3) is 0 Å². The first-order valence-electron chi connectivity index (χ1n) is 6.71. The van der Waals surface area contributed by atoms with Gasteiger partial charge in [0.2, 0.25) is 0 Å². The SMILES string of the molecule is CC1CCCC(NC(=O)c2cccc(Br)c2)CC1. The third-order valence-electron chi connectivity index (χ3n) is 3.68. The van der Waals surface area contributed by atoms with Gasteiger partial charge < -0.3 is 5.32 Å². The molecular weight excluding hydrogens is 290 g/mol. The molecule has 0 saturated heterocycles. The zero-order valence-corrected chi connectivity index (χ0v) is 12.4. The molecule has 3 heteroatoms. The number of rotatable bonds is 2. The second-order valence-corrected chi connectivity index (χ2v) is 6.21. The van der Waals surface area contributed by atoms with Gasteiger partial charge >= 0.3 is 0 Å². The minimum absolute atomic E-state index is 0.0517. The molecule has 1 aliphatic carbocycles. The Morgan fingerprint density at radius 2 is 2.11 bits per heavy atom. The van der Waals surface area contributed by atoms with Gasteiger partial charge in [-0.1, -0.05) is 41.8 Å². The monoisotopic (exact) mass is 309 g/mol. The molecule has 2 atom stereocenters. The van der Waals surface area contributed by atoms with Gasteiger partial charge in [-0.3, -0.25) is 4.79 Å². The van der Waals surface area contributed by atoms with Crippen molar-refractivity contribution >= 4 is 21.8 Å². The fourth-order valence-corrected chi connectivity index (χ4v) is 2.93. The van der Waals surface area contributed by atoms with Gasteiger partial charge in [-0.05, 0) is 43.4 Å². The van der Waals surface area contributed by atoms with Crippen molar-refractivity contribution in [3.8, 4) is 0 Å². The van der Waals surface area contributed by atoms with E-state index in [2.05, 4.69) is 28.2 Å². The Kier molecular flexibility index (Phi) is 4.81. The maximum Gasteiger partial charge on any atom is 0.251 e. The van der Waals surface area contributed by atoms with Crippen molar-refractivity contribution in [1.82, 2.24) is 5.32 Å². The molecule has 2 unspecified atom stereocenters. The van der Waals surface area contributed by atoms with E-state index in [4.69, 9.17) is 0 Å². The van der Waals surface area contributed by atoms with Crippen LogP contribution in [0.3, 0.4) is 0 Å². The molecule has 18 heavy (non-hydrogen) atoms. The molecule has 1 amide bonds. The van der Waals surface area contributed by atoms with E-state index in [-0.39, 0.29) is 5.91 Å². The Balaban J connectivity index is 1.94. The van der Waals surface area contributed by atoms with E-state index in [0.29, 0.717) is 6.04 Å². The van der Waals surface area contributed by atoms with E-state index in [1.165, 1.54) is 19.3 Å². The van der Waals surface area contributed by atoms with Gasteiger partial charge in [0.05, 0.1) is 0 Å². The highest BCUT2D eigenvalue weighted by molar-refractivity contribution is 9.10. The van der Waals surface area contributed by atoms with Crippen LogP contribution in [0.5, 0.6) is 0 Å².